The van der Waals surface area contributed by atoms with Gasteiger partial charge in [-0.1, -0.05) is 32.9 Å². The summed E-state index contributed by atoms with van der Waals surface area (Å²) in [5, 5.41) is 3.58. The van der Waals surface area contributed by atoms with Gasteiger partial charge < -0.3 is 5.32 Å². The van der Waals surface area contributed by atoms with E-state index in [1.165, 1.54) is 18.9 Å². The van der Waals surface area contributed by atoms with Crippen LogP contribution in [0.25, 0.3) is 10.4 Å². The van der Waals surface area contributed by atoms with Crippen LogP contribution in [0.3, 0.4) is 0 Å². The van der Waals surface area contributed by atoms with Gasteiger partial charge in [0.05, 0.1) is 0 Å². The molecule has 0 spiro atoms. The zero-order valence-corrected chi connectivity index (χ0v) is 14.6. The summed E-state index contributed by atoms with van der Waals surface area (Å²) < 4.78 is 1.29. The number of benzene rings is 1. The summed E-state index contributed by atoms with van der Waals surface area (Å²) >= 11 is 4.27. The second-order valence-corrected chi connectivity index (χ2v) is 7.35. The topological polar surface area (TPSA) is 12.0 Å². The highest BCUT2D eigenvalue weighted by Gasteiger charge is 2.16. The summed E-state index contributed by atoms with van der Waals surface area (Å²) in [5.41, 5.74) is 1.32. The maximum atomic E-state index is 3.58. The van der Waals surface area contributed by atoms with Gasteiger partial charge in [0.1, 0.15) is 0 Å². The Kier molecular flexibility index (Phi) is 5.42. The molecule has 0 aliphatic carbocycles. The van der Waals surface area contributed by atoms with E-state index in [4.69, 9.17) is 0 Å². The molecule has 1 aromatic carbocycles. The molecule has 19 heavy (non-hydrogen) atoms. The average molecular weight is 385 g/mol. The number of nitrogens with one attached hydrogen (secondary N) is 1. The van der Waals surface area contributed by atoms with Crippen LogP contribution in [0.4, 0.5) is 0 Å². The van der Waals surface area contributed by atoms with Crippen LogP contribution in [0, 0.1) is 9.49 Å². The molecule has 2 rings (SSSR count). The van der Waals surface area contributed by atoms with Gasteiger partial charge in [0.25, 0.3) is 0 Å². The highest BCUT2D eigenvalue weighted by atomic mass is 127. The lowest BCUT2D eigenvalue weighted by Gasteiger charge is -2.20. The van der Waals surface area contributed by atoms with Gasteiger partial charge in [0.2, 0.25) is 0 Å². The monoisotopic (exact) mass is 385 g/mol. The van der Waals surface area contributed by atoms with Gasteiger partial charge in [-0.3, -0.25) is 0 Å². The first-order valence-corrected chi connectivity index (χ1v) is 8.60. The largest absolute Gasteiger partial charge is 0.309 e. The zero-order valence-electron chi connectivity index (χ0n) is 11.6. The first-order valence-electron chi connectivity index (χ1n) is 6.71. The summed E-state index contributed by atoms with van der Waals surface area (Å²) in [7, 11) is 0. The Hall–Kier alpha value is -0.390. The van der Waals surface area contributed by atoms with Crippen molar-refractivity contribution in [1.29, 1.82) is 0 Å². The van der Waals surface area contributed by atoms with E-state index in [2.05, 4.69) is 85.1 Å². The number of rotatable bonds is 5. The van der Waals surface area contributed by atoms with Crippen LogP contribution in [-0.2, 0) is 0 Å². The second kappa shape index (κ2) is 6.86. The molecule has 0 radical (unpaired) electrons. The predicted molar refractivity (Wildman–Crippen MR) is 93.7 cm³/mol. The third-order valence-electron chi connectivity index (χ3n) is 3.13. The zero-order chi connectivity index (χ0) is 13.8. The fraction of sp³-hybridized carbons (Fsp3) is 0.375. The lowest BCUT2D eigenvalue weighted by atomic mass is 10.0. The molecule has 0 amide bonds. The third kappa shape index (κ3) is 3.80. The molecule has 102 valence electrons. The standard InChI is InChI=1S/C16H20INS/c1-4-18-16(11(2)3)15-9-8-14(19-15)12-6-5-7-13(17)10-12/h5-11,16,18H,4H2,1-3H3. The Balaban J connectivity index is 2.27. The van der Waals surface area contributed by atoms with E-state index in [0.29, 0.717) is 12.0 Å². The first-order chi connectivity index (χ1) is 9.11. The lowest BCUT2D eigenvalue weighted by molar-refractivity contribution is 0.428. The highest BCUT2D eigenvalue weighted by molar-refractivity contribution is 14.1. The van der Waals surface area contributed by atoms with Crippen molar-refractivity contribution in [3.63, 3.8) is 0 Å². The molecule has 1 aromatic heterocycles. The molecule has 1 heterocycles. The second-order valence-electron chi connectivity index (χ2n) is 4.99. The maximum Gasteiger partial charge on any atom is 0.0438 e. The first kappa shape index (κ1) is 15.0. The number of halogens is 1. The minimum atomic E-state index is 0.464. The molecule has 0 aliphatic rings. The Morgan fingerprint density at radius 1 is 1.21 bits per heavy atom. The quantitative estimate of drug-likeness (QED) is 0.687. The minimum absolute atomic E-state index is 0.464. The molecule has 1 atom stereocenters. The van der Waals surface area contributed by atoms with E-state index in [0.717, 1.165) is 6.54 Å². The Morgan fingerprint density at radius 2 is 2.00 bits per heavy atom. The fourth-order valence-corrected chi connectivity index (χ4v) is 4.00. The molecule has 2 aromatic rings. The van der Waals surface area contributed by atoms with Crippen molar-refractivity contribution in [3.05, 3.63) is 44.8 Å². The van der Waals surface area contributed by atoms with Gasteiger partial charge in [-0.25, -0.2) is 0 Å². The normalized spacial score (nSPS) is 12.9. The Morgan fingerprint density at radius 3 is 2.63 bits per heavy atom. The van der Waals surface area contributed by atoms with E-state index < -0.39 is 0 Å². The molecular weight excluding hydrogens is 365 g/mol. The molecule has 0 aliphatic heterocycles. The SMILES string of the molecule is CCNC(c1ccc(-c2cccc(I)c2)s1)C(C)C. The molecule has 0 fully saturated rings. The van der Waals surface area contributed by atoms with Crippen LogP contribution in [0.2, 0.25) is 0 Å². The van der Waals surface area contributed by atoms with E-state index in [1.807, 2.05) is 11.3 Å². The minimum Gasteiger partial charge on any atom is -0.309 e. The van der Waals surface area contributed by atoms with Crippen LogP contribution in [0.15, 0.2) is 36.4 Å². The summed E-state index contributed by atoms with van der Waals surface area (Å²) in [5.74, 6) is 0.613. The molecule has 0 bridgehead atoms. The molecular formula is C16H20INS. The molecule has 1 nitrogen and oxygen atoms in total. The molecule has 0 saturated heterocycles. The van der Waals surface area contributed by atoms with Gasteiger partial charge in [0, 0.05) is 19.4 Å². The Bertz CT molecular complexity index is 533. The van der Waals surface area contributed by atoms with Crippen molar-refractivity contribution < 1.29 is 0 Å². The Labute approximate surface area is 133 Å². The van der Waals surface area contributed by atoms with Crippen LogP contribution < -0.4 is 5.32 Å². The van der Waals surface area contributed by atoms with Crippen molar-refractivity contribution in [1.82, 2.24) is 5.32 Å². The number of hydrogen-bond donors (Lipinski definition) is 1. The summed E-state index contributed by atoms with van der Waals surface area (Å²) in [6, 6.07) is 13.7. The molecule has 1 unspecified atom stereocenters. The maximum absolute atomic E-state index is 3.58. The fourth-order valence-electron chi connectivity index (χ4n) is 2.20. The lowest BCUT2D eigenvalue weighted by Crippen LogP contribution is -2.24. The van der Waals surface area contributed by atoms with Crippen LogP contribution >= 0.6 is 33.9 Å². The molecule has 3 heteroatoms. The third-order valence-corrected chi connectivity index (χ3v) is 5.02. The number of hydrogen-bond acceptors (Lipinski definition) is 2. The van der Waals surface area contributed by atoms with Gasteiger partial charge >= 0.3 is 0 Å². The van der Waals surface area contributed by atoms with E-state index >= 15 is 0 Å². The van der Waals surface area contributed by atoms with Gasteiger partial charge in [0.15, 0.2) is 0 Å². The summed E-state index contributed by atoms with van der Waals surface area (Å²) in [6.07, 6.45) is 0. The van der Waals surface area contributed by atoms with E-state index in [9.17, 15) is 0 Å². The van der Waals surface area contributed by atoms with Crippen molar-refractivity contribution in [2.75, 3.05) is 6.54 Å². The number of thiophene rings is 1. The van der Waals surface area contributed by atoms with Crippen molar-refractivity contribution in [2.45, 2.75) is 26.8 Å². The van der Waals surface area contributed by atoms with Crippen molar-refractivity contribution in [2.24, 2.45) is 5.92 Å². The van der Waals surface area contributed by atoms with E-state index in [1.54, 1.807) is 0 Å². The van der Waals surface area contributed by atoms with Gasteiger partial charge in [-0.2, -0.15) is 0 Å². The van der Waals surface area contributed by atoms with Gasteiger partial charge in [-0.15, -0.1) is 11.3 Å². The van der Waals surface area contributed by atoms with E-state index in [-0.39, 0.29) is 0 Å². The summed E-state index contributed by atoms with van der Waals surface area (Å²) in [4.78, 5) is 2.79. The van der Waals surface area contributed by atoms with Crippen molar-refractivity contribution >= 4 is 33.9 Å². The average Bonchev–Trinajstić information content (AvgIpc) is 2.84. The van der Waals surface area contributed by atoms with Crippen LogP contribution in [0.1, 0.15) is 31.7 Å². The highest BCUT2D eigenvalue weighted by Crippen LogP contribution is 2.34. The summed E-state index contributed by atoms with van der Waals surface area (Å²) in [6.45, 7) is 7.74. The van der Waals surface area contributed by atoms with Crippen LogP contribution in [0.5, 0.6) is 0 Å². The predicted octanol–water partition coefficient (Wildman–Crippen LogP) is 5.33. The van der Waals surface area contributed by atoms with Gasteiger partial charge in [-0.05, 0) is 64.9 Å². The van der Waals surface area contributed by atoms with Crippen molar-refractivity contribution in [3.8, 4) is 10.4 Å². The smallest absolute Gasteiger partial charge is 0.0438 e. The molecule has 0 saturated carbocycles. The molecule has 1 N–H and O–H groups in total. The van der Waals surface area contributed by atoms with Crippen LogP contribution in [-0.4, -0.2) is 6.54 Å².